The highest BCUT2D eigenvalue weighted by Gasteiger charge is 2.16. The molecule has 1 atom stereocenters. The summed E-state index contributed by atoms with van der Waals surface area (Å²) in [6, 6.07) is 5.45. The lowest BCUT2D eigenvalue weighted by molar-refractivity contribution is 0.129. The molecule has 1 aliphatic rings. The first-order valence-corrected chi connectivity index (χ1v) is 8.00. The SMILES string of the molecule is COCCNCc1ccc(SCC2CCCO2)c(F)c1. The molecule has 0 bridgehead atoms. The molecule has 0 radical (unpaired) electrons. The van der Waals surface area contributed by atoms with Crippen LogP contribution in [0.3, 0.4) is 0 Å². The molecule has 112 valence electrons. The summed E-state index contributed by atoms with van der Waals surface area (Å²) in [6.07, 6.45) is 2.51. The van der Waals surface area contributed by atoms with Crippen LogP contribution in [-0.4, -0.2) is 38.7 Å². The van der Waals surface area contributed by atoms with Gasteiger partial charge in [0.25, 0.3) is 0 Å². The van der Waals surface area contributed by atoms with Crippen LogP contribution in [0.2, 0.25) is 0 Å². The maximum atomic E-state index is 14.0. The van der Waals surface area contributed by atoms with Gasteiger partial charge in [-0.1, -0.05) is 6.07 Å². The summed E-state index contributed by atoms with van der Waals surface area (Å²) in [5, 5.41) is 3.21. The molecule has 20 heavy (non-hydrogen) atoms. The Hall–Kier alpha value is -0.620. The number of rotatable bonds is 8. The highest BCUT2D eigenvalue weighted by Crippen LogP contribution is 2.26. The summed E-state index contributed by atoms with van der Waals surface area (Å²) < 4.78 is 24.5. The minimum atomic E-state index is -0.140. The van der Waals surface area contributed by atoms with Gasteiger partial charge in [-0.05, 0) is 30.5 Å². The van der Waals surface area contributed by atoms with Crippen LogP contribution < -0.4 is 5.32 Å². The van der Waals surface area contributed by atoms with E-state index in [1.54, 1.807) is 24.9 Å². The highest BCUT2D eigenvalue weighted by atomic mass is 32.2. The third-order valence-electron chi connectivity index (χ3n) is 3.26. The maximum absolute atomic E-state index is 14.0. The fourth-order valence-corrected chi connectivity index (χ4v) is 3.13. The summed E-state index contributed by atoms with van der Waals surface area (Å²) in [6.45, 7) is 2.95. The van der Waals surface area contributed by atoms with E-state index >= 15 is 0 Å². The standard InChI is InChI=1S/C15H22FNO2S/c1-18-8-6-17-10-12-4-5-15(14(16)9-12)20-11-13-3-2-7-19-13/h4-5,9,13,17H,2-3,6-8,10-11H2,1H3. The van der Waals surface area contributed by atoms with Gasteiger partial charge in [0.05, 0.1) is 12.7 Å². The number of methoxy groups -OCH3 is 1. The van der Waals surface area contributed by atoms with E-state index in [0.717, 1.165) is 37.3 Å². The van der Waals surface area contributed by atoms with Crippen LogP contribution in [0.5, 0.6) is 0 Å². The zero-order valence-electron chi connectivity index (χ0n) is 11.9. The van der Waals surface area contributed by atoms with E-state index in [2.05, 4.69) is 5.32 Å². The van der Waals surface area contributed by atoms with E-state index in [9.17, 15) is 4.39 Å². The van der Waals surface area contributed by atoms with Gasteiger partial charge in [0.2, 0.25) is 0 Å². The molecular formula is C15H22FNO2S. The summed E-state index contributed by atoms with van der Waals surface area (Å²) in [4.78, 5) is 0.709. The average Bonchev–Trinajstić information content (AvgIpc) is 2.96. The lowest BCUT2D eigenvalue weighted by atomic mass is 10.2. The molecule has 1 aromatic rings. The van der Waals surface area contributed by atoms with Crippen molar-refractivity contribution in [3.8, 4) is 0 Å². The zero-order valence-corrected chi connectivity index (χ0v) is 12.7. The van der Waals surface area contributed by atoms with Gasteiger partial charge in [-0.25, -0.2) is 4.39 Å². The Kier molecular flexibility index (Phi) is 6.79. The fraction of sp³-hybridized carbons (Fsp3) is 0.600. The van der Waals surface area contributed by atoms with Crippen LogP contribution in [0.1, 0.15) is 18.4 Å². The lowest BCUT2D eigenvalue weighted by Crippen LogP contribution is -2.18. The number of ether oxygens (including phenoxy) is 2. The highest BCUT2D eigenvalue weighted by molar-refractivity contribution is 7.99. The summed E-state index contributed by atoms with van der Waals surface area (Å²) in [5.74, 6) is 0.696. The first kappa shape index (κ1) is 15.8. The monoisotopic (exact) mass is 299 g/mol. The second-order valence-corrected chi connectivity index (χ2v) is 5.94. The molecule has 1 fully saturated rings. The number of hydrogen-bond donors (Lipinski definition) is 1. The Morgan fingerprint density at radius 2 is 2.40 bits per heavy atom. The van der Waals surface area contributed by atoms with Crippen LogP contribution in [0, 0.1) is 5.82 Å². The minimum absolute atomic E-state index is 0.140. The third-order valence-corrected chi connectivity index (χ3v) is 4.44. The van der Waals surface area contributed by atoms with Crippen LogP contribution in [-0.2, 0) is 16.0 Å². The Morgan fingerprint density at radius 3 is 3.10 bits per heavy atom. The normalized spacial score (nSPS) is 18.6. The Balaban J connectivity index is 1.78. The van der Waals surface area contributed by atoms with Gasteiger partial charge < -0.3 is 14.8 Å². The van der Waals surface area contributed by atoms with Crippen molar-refractivity contribution in [1.29, 1.82) is 0 Å². The van der Waals surface area contributed by atoms with E-state index in [1.807, 2.05) is 12.1 Å². The molecule has 1 N–H and O–H groups in total. The minimum Gasteiger partial charge on any atom is -0.383 e. The Bertz CT molecular complexity index is 411. The smallest absolute Gasteiger partial charge is 0.137 e. The lowest BCUT2D eigenvalue weighted by Gasteiger charge is -2.10. The molecule has 1 aliphatic heterocycles. The largest absolute Gasteiger partial charge is 0.383 e. The first-order valence-electron chi connectivity index (χ1n) is 7.02. The molecular weight excluding hydrogens is 277 g/mol. The van der Waals surface area contributed by atoms with Crippen LogP contribution in [0.25, 0.3) is 0 Å². The molecule has 0 aromatic heterocycles. The summed E-state index contributed by atoms with van der Waals surface area (Å²) in [7, 11) is 1.67. The molecule has 1 heterocycles. The van der Waals surface area contributed by atoms with Crippen LogP contribution in [0.4, 0.5) is 4.39 Å². The third kappa shape index (κ3) is 5.05. The first-order chi connectivity index (χ1) is 9.79. The molecule has 0 amide bonds. The van der Waals surface area contributed by atoms with E-state index in [0.29, 0.717) is 18.0 Å². The number of hydrogen-bond acceptors (Lipinski definition) is 4. The molecule has 5 heteroatoms. The van der Waals surface area contributed by atoms with E-state index in [1.165, 1.54) is 0 Å². The van der Waals surface area contributed by atoms with Crippen molar-refractivity contribution < 1.29 is 13.9 Å². The van der Waals surface area contributed by atoms with Gasteiger partial charge in [-0.2, -0.15) is 0 Å². The van der Waals surface area contributed by atoms with Crippen LogP contribution >= 0.6 is 11.8 Å². The second-order valence-electron chi connectivity index (χ2n) is 4.88. The van der Waals surface area contributed by atoms with Gasteiger partial charge in [0.15, 0.2) is 0 Å². The van der Waals surface area contributed by atoms with Crippen molar-refractivity contribution in [2.75, 3.05) is 32.6 Å². The molecule has 1 aromatic carbocycles. The molecule has 3 nitrogen and oxygen atoms in total. The van der Waals surface area contributed by atoms with Gasteiger partial charge >= 0.3 is 0 Å². The topological polar surface area (TPSA) is 30.5 Å². The molecule has 0 aliphatic carbocycles. The molecule has 0 spiro atoms. The average molecular weight is 299 g/mol. The molecule has 0 saturated carbocycles. The number of halogens is 1. The zero-order chi connectivity index (χ0) is 14.2. The van der Waals surface area contributed by atoms with Crippen molar-refractivity contribution >= 4 is 11.8 Å². The van der Waals surface area contributed by atoms with Gasteiger partial charge in [-0.3, -0.25) is 0 Å². The van der Waals surface area contributed by atoms with Crippen molar-refractivity contribution in [1.82, 2.24) is 5.32 Å². The molecule has 1 unspecified atom stereocenters. The predicted octanol–water partition coefficient (Wildman–Crippen LogP) is 2.83. The summed E-state index contributed by atoms with van der Waals surface area (Å²) >= 11 is 1.54. The number of thioether (sulfide) groups is 1. The van der Waals surface area contributed by atoms with Gasteiger partial charge in [-0.15, -0.1) is 11.8 Å². The van der Waals surface area contributed by atoms with E-state index in [4.69, 9.17) is 9.47 Å². The van der Waals surface area contributed by atoms with E-state index in [-0.39, 0.29) is 11.9 Å². The number of benzene rings is 1. The second kappa shape index (κ2) is 8.62. The quantitative estimate of drug-likeness (QED) is 0.591. The van der Waals surface area contributed by atoms with Crippen molar-refractivity contribution in [2.24, 2.45) is 0 Å². The van der Waals surface area contributed by atoms with Crippen molar-refractivity contribution in [2.45, 2.75) is 30.4 Å². The van der Waals surface area contributed by atoms with Gasteiger partial charge in [0.1, 0.15) is 5.82 Å². The molecule has 2 rings (SSSR count). The molecule has 1 saturated heterocycles. The number of nitrogens with one attached hydrogen (secondary N) is 1. The van der Waals surface area contributed by atoms with E-state index < -0.39 is 0 Å². The Morgan fingerprint density at radius 1 is 1.50 bits per heavy atom. The van der Waals surface area contributed by atoms with Crippen molar-refractivity contribution in [3.05, 3.63) is 29.6 Å². The Labute approximate surface area is 124 Å². The van der Waals surface area contributed by atoms with Crippen molar-refractivity contribution in [3.63, 3.8) is 0 Å². The van der Waals surface area contributed by atoms with Crippen LogP contribution in [0.15, 0.2) is 23.1 Å². The maximum Gasteiger partial charge on any atom is 0.137 e. The fourth-order valence-electron chi connectivity index (χ4n) is 2.14. The van der Waals surface area contributed by atoms with Gasteiger partial charge in [0, 0.05) is 37.5 Å². The summed E-state index contributed by atoms with van der Waals surface area (Å²) in [5.41, 5.74) is 0.958. The predicted molar refractivity (Wildman–Crippen MR) is 79.7 cm³/mol.